The minimum atomic E-state index is -0.154. The van der Waals surface area contributed by atoms with E-state index in [1.807, 2.05) is 0 Å². The Hall–Kier alpha value is -0.650. The molecule has 1 atom stereocenters. The minimum absolute atomic E-state index is 0.154. The lowest BCUT2D eigenvalue weighted by Crippen LogP contribution is -2.43. The van der Waals surface area contributed by atoms with Gasteiger partial charge in [-0.3, -0.25) is 9.69 Å². The Balaban J connectivity index is 1.63. The number of hydrogen-bond acceptors (Lipinski definition) is 4. The molecule has 0 spiro atoms. The highest BCUT2D eigenvalue weighted by molar-refractivity contribution is 5.83. The Kier molecular flexibility index (Phi) is 5.60. The number of carbonyl (C=O) groups is 1. The van der Waals surface area contributed by atoms with Crippen molar-refractivity contribution in [2.75, 3.05) is 52.5 Å². The smallest absolute Gasteiger partial charge is 0.227 e. The van der Waals surface area contributed by atoms with Crippen LogP contribution in [0.4, 0.5) is 0 Å². The van der Waals surface area contributed by atoms with Gasteiger partial charge in [0, 0.05) is 26.2 Å². The fraction of sp³-hybridized carbons (Fsp3) is 0.929. The van der Waals surface area contributed by atoms with Crippen LogP contribution in [0.1, 0.15) is 26.2 Å². The van der Waals surface area contributed by atoms with Crippen LogP contribution in [0, 0.1) is 5.41 Å². The fourth-order valence-electron chi connectivity index (χ4n) is 2.92. The van der Waals surface area contributed by atoms with Crippen molar-refractivity contribution in [3.63, 3.8) is 0 Å². The molecule has 2 aliphatic heterocycles. The average molecular weight is 269 g/mol. The van der Waals surface area contributed by atoms with Crippen LogP contribution in [0.2, 0.25) is 0 Å². The van der Waals surface area contributed by atoms with Crippen LogP contribution < -0.4 is 10.6 Å². The number of amides is 1. The van der Waals surface area contributed by atoms with Crippen molar-refractivity contribution in [2.24, 2.45) is 5.41 Å². The lowest BCUT2D eigenvalue weighted by Gasteiger charge is -2.27. The predicted octanol–water partition coefficient (Wildman–Crippen LogP) is 0.215. The molecule has 0 saturated carbocycles. The number of rotatable bonds is 6. The van der Waals surface area contributed by atoms with Gasteiger partial charge in [0.25, 0.3) is 0 Å². The summed E-state index contributed by atoms with van der Waals surface area (Å²) in [4.78, 5) is 14.7. The molecule has 0 radical (unpaired) electrons. The first-order valence-electron chi connectivity index (χ1n) is 7.56. The van der Waals surface area contributed by atoms with E-state index in [2.05, 4.69) is 22.5 Å². The maximum Gasteiger partial charge on any atom is 0.227 e. The number of nitrogens with zero attached hydrogens (tertiary/aromatic N) is 1. The second-order valence-corrected chi connectivity index (χ2v) is 5.62. The Morgan fingerprint density at radius 3 is 2.84 bits per heavy atom. The third kappa shape index (κ3) is 3.91. The summed E-state index contributed by atoms with van der Waals surface area (Å²) in [6, 6.07) is 0. The summed E-state index contributed by atoms with van der Waals surface area (Å²) in [5.41, 5.74) is -0.154. The molecule has 0 aromatic carbocycles. The molecule has 2 heterocycles. The van der Waals surface area contributed by atoms with Crippen molar-refractivity contribution >= 4 is 5.91 Å². The zero-order chi connectivity index (χ0) is 13.6. The van der Waals surface area contributed by atoms with E-state index in [-0.39, 0.29) is 11.3 Å². The van der Waals surface area contributed by atoms with E-state index in [1.165, 1.54) is 0 Å². The summed E-state index contributed by atoms with van der Waals surface area (Å²) in [6.07, 6.45) is 2.92. The SMILES string of the molecule is CCC1(C(=O)NCCCN2CCOCC2)CCNC1. The zero-order valence-electron chi connectivity index (χ0n) is 12.0. The van der Waals surface area contributed by atoms with E-state index >= 15 is 0 Å². The maximum absolute atomic E-state index is 12.3. The molecule has 2 aliphatic rings. The molecule has 0 bridgehead atoms. The molecule has 2 fully saturated rings. The lowest BCUT2D eigenvalue weighted by atomic mass is 9.83. The summed E-state index contributed by atoms with van der Waals surface area (Å²) in [7, 11) is 0. The highest BCUT2D eigenvalue weighted by Crippen LogP contribution is 2.29. The lowest BCUT2D eigenvalue weighted by molar-refractivity contribution is -0.130. The molecule has 2 rings (SSSR count). The van der Waals surface area contributed by atoms with Crippen LogP contribution in [-0.2, 0) is 9.53 Å². The van der Waals surface area contributed by atoms with Crippen LogP contribution in [0.25, 0.3) is 0 Å². The average Bonchev–Trinajstić information content (AvgIpc) is 2.94. The third-order valence-electron chi connectivity index (χ3n) is 4.44. The normalized spacial score (nSPS) is 28.5. The zero-order valence-corrected chi connectivity index (χ0v) is 12.0. The predicted molar refractivity (Wildman–Crippen MR) is 75.1 cm³/mol. The molecule has 0 aromatic rings. The van der Waals surface area contributed by atoms with Gasteiger partial charge in [0.15, 0.2) is 0 Å². The van der Waals surface area contributed by atoms with Crippen molar-refractivity contribution in [1.82, 2.24) is 15.5 Å². The molecule has 0 aliphatic carbocycles. The minimum Gasteiger partial charge on any atom is -0.379 e. The molecule has 19 heavy (non-hydrogen) atoms. The Morgan fingerprint density at radius 1 is 1.42 bits per heavy atom. The molecule has 1 amide bonds. The monoisotopic (exact) mass is 269 g/mol. The summed E-state index contributed by atoms with van der Waals surface area (Å²) >= 11 is 0. The van der Waals surface area contributed by atoms with Crippen molar-refractivity contribution in [1.29, 1.82) is 0 Å². The number of nitrogens with one attached hydrogen (secondary N) is 2. The second kappa shape index (κ2) is 7.22. The van der Waals surface area contributed by atoms with Crippen LogP contribution >= 0.6 is 0 Å². The van der Waals surface area contributed by atoms with Crippen LogP contribution in [0.5, 0.6) is 0 Å². The largest absolute Gasteiger partial charge is 0.379 e. The number of hydrogen-bond donors (Lipinski definition) is 2. The van der Waals surface area contributed by atoms with Crippen LogP contribution in [0.3, 0.4) is 0 Å². The van der Waals surface area contributed by atoms with Gasteiger partial charge in [-0.15, -0.1) is 0 Å². The molecular weight excluding hydrogens is 242 g/mol. The first-order chi connectivity index (χ1) is 9.27. The summed E-state index contributed by atoms with van der Waals surface area (Å²) in [5.74, 6) is 0.238. The summed E-state index contributed by atoms with van der Waals surface area (Å²) in [6.45, 7) is 9.49. The van der Waals surface area contributed by atoms with Crippen LogP contribution in [0.15, 0.2) is 0 Å². The van der Waals surface area contributed by atoms with E-state index in [0.29, 0.717) is 0 Å². The van der Waals surface area contributed by atoms with Crippen molar-refractivity contribution in [2.45, 2.75) is 26.2 Å². The van der Waals surface area contributed by atoms with E-state index in [4.69, 9.17) is 4.74 Å². The molecule has 5 heteroatoms. The molecule has 5 nitrogen and oxygen atoms in total. The molecule has 110 valence electrons. The van der Waals surface area contributed by atoms with Gasteiger partial charge in [-0.2, -0.15) is 0 Å². The van der Waals surface area contributed by atoms with Gasteiger partial charge in [0.1, 0.15) is 0 Å². The first-order valence-corrected chi connectivity index (χ1v) is 7.56. The third-order valence-corrected chi connectivity index (χ3v) is 4.44. The van der Waals surface area contributed by atoms with Crippen molar-refractivity contribution in [3.05, 3.63) is 0 Å². The number of carbonyl (C=O) groups excluding carboxylic acids is 1. The van der Waals surface area contributed by atoms with Gasteiger partial charge >= 0.3 is 0 Å². The Labute approximate surface area is 116 Å². The molecule has 2 N–H and O–H groups in total. The first kappa shape index (κ1) is 14.8. The van der Waals surface area contributed by atoms with Gasteiger partial charge in [-0.05, 0) is 32.4 Å². The topological polar surface area (TPSA) is 53.6 Å². The molecule has 1 unspecified atom stereocenters. The molecule has 2 saturated heterocycles. The van der Waals surface area contributed by atoms with Gasteiger partial charge in [0.05, 0.1) is 18.6 Å². The summed E-state index contributed by atoms with van der Waals surface area (Å²) in [5, 5.41) is 6.42. The van der Waals surface area contributed by atoms with E-state index < -0.39 is 0 Å². The van der Waals surface area contributed by atoms with Gasteiger partial charge in [-0.1, -0.05) is 6.92 Å². The highest BCUT2D eigenvalue weighted by Gasteiger charge is 2.38. The van der Waals surface area contributed by atoms with Gasteiger partial charge < -0.3 is 15.4 Å². The fourth-order valence-corrected chi connectivity index (χ4v) is 2.92. The molecule has 0 aromatic heterocycles. The quantitative estimate of drug-likeness (QED) is 0.677. The van der Waals surface area contributed by atoms with Gasteiger partial charge in [0.2, 0.25) is 5.91 Å². The van der Waals surface area contributed by atoms with Gasteiger partial charge in [-0.25, -0.2) is 0 Å². The highest BCUT2D eigenvalue weighted by atomic mass is 16.5. The Morgan fingerprint density at radius 2 is 2.21 bits per heavy atom. The Bertz CT molecular complexity index is 284. The van der Waals surface area contributed by atoms with Crippen molar-refractivity contribution in [3.8, 4) is 0 Å². The second-order valence-electron chi connectivity index (χ2n) is 5.62. The number of ether oxygens (including phenoxy) is 1. The van der Waals surface area contributed by atoms with E-state index in [1.54, 1.807) is 0 Å². The van der Waals surface area contributed by atoms with E-state index in [0.717, 1.165) is 71.7 Å². The van der Waals surface area contributed by atoms with E-state index in [9.17, 15) is 4.79 Å². The van der Waals surface area contributed by atoms with Crippen LogP contribution in [-0.4, -0.2) is 63.3 Å². The van der Waals surface area contributed by atoms with Crippen molar-refractivity contribution < 1.29 is 9.53 Å². The maximum atomic E-state index is 12.3. The summed E-state index contributed by atoms with van der Waals surface area (Å²) < 4.78 is 5.32. The molecular formula is C14H27N3O2. The number of morpholine rings is 1. The standard InChI is InChI=1S/C14H27N3O2/c1-2-14(4-6-15-12-14)13(18)16-5-3-7-17-8-10-19-11-9-17/h15H,2-12H2,1H3,(H,16,18).